The second-order valence-corrected chi connectivity index (χ2v) is 7.95. The van der Waals surface area contributed by atoms with E-state index in [2.05, 4.69) is 29.4 Å². The SMILES string of the molecule is Cc1ccc(/C=N\N2C(=O)[C@H]3C4c5ccccc5C(c5ccccc54)[C@@H]3C2=O)o1. The van der Waals surface area contributed by atoms with E-state index in [-0.39, 0.29) is 23.7 Å². The maximum Gasteiger partial charge on any atom is 0.254 e. The van der Waals surface area contributed by atoms with Gasteiger partial charge in [0.1, 0.15) is 11.5 Å². The summed E-state index contributed by atoms with van der Waals surface area (Å²) >= 11 is 0. The van der Waals surface area contributed by atoms with Gasteiger partial charge in [-0.1, -0.05) is 48.5 Å². The third-order valence-electron chi connectivity index (χ3n) is 6.49. The van der Waals surface area contributed by atoms with Gasteiger partial charge in [0, 0.05) is 11.8 Å². The first-order chi connectivity index (χ1) is 14.1. The molecule has 0 radical (unpaired) electrons. The van der Waals surface area contributed by atoms with E-state index in [1.54, 1.807) is 6.07 Å². The summed E-state index contributed by atoms with van der Waals surface area (Å²) in [6, 6.07) is 20.0. The summed E-state index contributed by atoms with van der Waals surface area (Å²) in [5.74, 6) is -0.215. The lowest BCUT2D eigenvalue weighted by molar-refractivity contribution is -0.139. The van der Waals surface area contributed by atoms with E-state index in [4.69, 9.17) is 4.42 Å². The van der Waals surface area contributed by atoms with Crippen LogP contribution in [-0.4, -0.2) is 23.0 Å². The number of carbonyl (C=O) groups is 2. The average Bonchev–Trinajstić information content (AvgIpc) is 3.28. The van der Waals surface area contributed by atoms with Crippen LogP contribution < -0.4 is 0 Å². The van der Waals surface area contributed by atoms with Crippen LogP contribution in [0, 0.1) is 18.8 Å². The minimum absolute atomic E-state index is 0.111. The van der Waals surface area contributed by atoms with Crippen molar-refractivity contribution < 1.29 is 14.0 Å². The molecule has 4 aliphatic rings. The highest BCUT2D eigenvalue weighted by Crippen LogP contribution is 2.60. The molecule has 1 aromatic heterocycles. The molecule has 0 unspecified atom stereocenters. The molecule has 1 aliphatic heterocycles. The monoisotopic (exact) mass is 382 g/mol. The molecule has 0 N–H and O–H groups in total. The summed E-state index contributed by atoms with van der Waals surface area (Å²) in [4.78, 5) is 26.7. The predicted octanol–water partition coefficient (Wildman–Crippen LogP) is 3.81. The van der Waals surface area contributed by atoms with Gasteiger partial charge in [0.15, 0.2) is 0 Å². The minimum Gasteiger partial charge on any atom is -0.460 e. The molecule has 2 amide bonds. The van der Waals surface area contributed by atoms with Crippen LogP contribution in [0.3, 0.4) is 0 Å². The van der Waals surface area contributed by atoms with Crippen molar-refractivity contribution in [2.24, 2.45) is 16.9 Å². The number of rotatable bonds is 2. The first kappa shape index (κ1) is 16.5. The fourth-order valence-corrected chi connectivity index (χ4v) is 5.41. The zero-order valence-electron chi connectivity index (χ0n) is 15.8. The summed E-state index contributed by atoms with van der Waals surface area (Å²) in [5, 5.41) is 5.29. The number of nitrogens with zero attached hydrogens (tertiary/aromatic N) is 2. The largest absolute Gasteiger partial charge is 0.460 e. The normalized spacial score (nSPS) is 26.7. The Morgan fingerprint density at radius 2 is 1.28 bits per heavy atom. The van der Waals surface area contributed by atoms with E-state index in [1.165, 1.54) is 6.21 Å². The summed E-state index contributed by atoms with van der Waals surface area (Å²) in [6.07, 6.45) is 1.45. The van der Waals surface area contributed by atoms with Gasteiger partial charge in [-0.2, -0.15) is 10.1 Å². The first-order valence-electron chi connectivity index (χ1n) is 9.81. The Hall–Kier alpha value is -3.47. The minimum atomic E-state index is -0.409. The number of hydrogen-bond acceptors (Lipinski definition) is 4. The molecule has 2 bridgehead atoms. The van der Waals surface area contributed by atoms with Crippen LogP contribution in [0.5, 0.6) is 0 Å². The average molecular weight is 382 g/mol. The fraction of sp³-hybridized carbons (Fsp3) is 0.208. The lowest BCUT2D eigenvalue weighted by Crippen LogP contribution is -2.41. The number of hydrogen-bond donors (Lipinski definition) is 0. The molecule has 1 fully saturated rings. The standard InChI is InChI=1S/C24H18N2O3/c1-13-10-11-14(29-13)12-25-26-23(27)21-19-15-6-2-3-7-16(15)20(22(21)24(26)28)18-9-5-4-8-17(18)19/h2-12,19-22H,1H3/b25-12-/t19?,20?,21-,22-/m0/s1. The van der Waals surface area contributed by atoms with Crippen LogP contribution >= 0.6 is 0 Å². The van der Waals surface area contributed by atoms with Gasteiger partial charge in [0.2, 0.25) is 0 Å². The predicted molar refractivity (Wildman–Crippen MR) is 106 cm³/mol. The smallest absolute Gasteiger partial charge is 0.254 e. The van der Waals surface area contributed by atoms with Crippen molar-refractivity contribution in [1.82, 2.24) is 5.01 Å². The van der Waals surface area contributed by atoms with Gasteiger partial charge in [-0.05, 0) is 41.3 Å². The van der Waals surface area contributed by atoms with Crippen molar-refractivity contribution in [2.75, 3.05) is 0 Å². The molecule has 0 saturated carbocycles. The molecule has 2 aromatic carbocycles. The van der Waals surface area contributed by atoms with E-state index >= 15 is 0 Å². The number of hydrazone groups is 1. The van der Waals surface area contributed by atoms with E-state index in [0.717, 1.165) is 33.0 Å². The fourth-order valence-electron chi connectivity index (χ4n) is 5.41. The van der Waals surface area contributed by atoms with Crippen molar-refractivity contribution in [3.63, 3.8) is 0 Å². The Balaban J connectivity index is 1.47. The maximum atomic E-state index is 13.3. The highest BCUT2D eigenvalue weighted by molar-refractivity contribution is 6.08. The quantitative estimate of drug-likeness (QED) is 0.500. The van der Waals surface area contributed by atoms with E-state index in [9.17, 15) is 9.59 Å². The first-order valence-corrected chi connectivity index (χ1v) is 9.81. The van der Waals surface area contributed by atoms with Crippen LogP contribution in [0.4, 0.5) is 0 Å². The number of amides is 2. The molecule has 142 valence electrons. The Morgan fingerprint density at radius 1 is 0.793 bits per heavy atom. The zero-order chi connectivity index (χ0) is 19.7. The second-order valence-electron chi connectivity index (χ2n) is 7.95. The summed E-state index contributed by atoms with van der Waals surface area (Å²) < 4.78 is 5.49. The zero-order valence-corrected chi connectivity index (χ0v) is 15.8. The molecule has 5 heteroatoms. The van der Waals surface area contributed by atoms with Gasteiger partial charge in [-0.25, -0.2) is 0 Å². The molecule has 3 aliphatic carbocycles. The van der Waals surface area contributed by atoms with Crippen molar-refractivity contribution in [2.45, 2.75) is 18.8 Å². The highest BCUT2D eigenvalue weighted by Gasteiger charge is 2.61. The van der Waals surface area contributed by atoms with Gasteiger partial charge in [0.25, 0.3) is 11.8 Å². The highest BCUT2D eigenvalue weighted by atomic mass is 16.3. The molecule has 29 heavy (non-hydrogen) atoms. The van der Waals surface area contributed by atoms with Crippen LogP contribution in [0.25, 0.3) is 0 Å². The molecule has 1 saturated heterocycles. The molecule has 7 rings (SSSR count). The number of imide groups is 1. The van der Waals surface area contributed by atoms with Crippen molar-refractivity contribution >= 4 is 18.0 Å². The molecule has 0 spiro atoms. The Morgan fingerprint density at radius 3 is 1.69 bits per heavy atom. The number of furan rings is 1. The Kier molecular flexibility index (Phi) is 3.28. The molecule has 2 heterocycles. The van der Waals surface area contributed by atoms with Crippen molar-refractivity contribution in [3.05, 3.63) is 94.4 Å². The number of carbonyl (C=O) groups excluding carboxylic acids is 2. The third kappa shape index (κ3) is 2.13. The molecule has 2 atom stereocenters. The van der Waals surface area contributed by atoms with Gasteiger partial charge < -0.3 is 4.42 Å². The van der Waals surface area contributed by atoms with Gasteiger partial charge >= 0.3 is 0 Å². The van der Waals surface area contributed by atoms with Crippen molar-refractivity contribution in [1.29, 1.82) is 0 Å². The summed E-state index contributed by atoms with van der Waals surface area (Å²) in [6.45, 7) is 1.84. The number of aryl methyl sites for hydroxylation is 1. The van der Waals surface area contributed by atoms with Crippen LogP contribution in [0.15, 0.2) is 70.2 Å². The summed E-state index contributed by atoms with van der Waals surface area (Å²) in [7, 11) is 0. The van der Waals surface area contributed by atoms with Crippen LogP contribution in [-0.2, 0) is 9.59 Å². The van der Waals surface area contributed by atoms with Gasteiger partial charge in [-0.15, -0.1) is 0 Å². The lowest BCUT2D eigenvalue weighted by Gasteiger charge is -2.45. The maximum absolute atomic E-state index is 13.3. The van der Waals surface area contributed by atoms with E-state index in [1.807, 2.05) is 37.3 Å². The van der Waals surface area contributed by atoms with Gasteiger partial charge in [-0.3, -0.25) is 9.59 Å². The van der Waals surface area contributed by atoms with Crippen molar-refractivity contribution in [3.8, 4) is 0 Å². The molecular formula is C24H18N2O3. The van der Waals surface area contributed by atoms with E-state index < -0.39 is 11.8 Å². The third-order valence-corrected chi connectivity index (χ3v) is 6.49. The number of benzene rings is 2. The molecule has 3 aromatic rings. The molecular weight excluding hydrogens is 364 g/mol. The summed E-state index contributed by atoms with van der Waals surface area (Å²) in [5.41, 5.74) is 4.63. The second kappa shape index (κ2) is 5.77. The van der Waals surface area contributed by atoms with Crippen LogP contribution in [0.2, 0.25) is 0 Å². The topological polar surface area (TPSA) is 62.9 Å². The van der Waals surface area contributed by atoms with E-state index in [0.29, 0.717) is 5.76 Å². The Labute approximate surface area is 167 Å². The van der Waals surface area contributed by atoms with Gasteiger partial charge in [0.05, 0.1) is 18.1 Å². The van der Waals surface area contributed by atoms with Crippen LogP contribution in [0.1, 0.15) is 45.6 Å². The Bertz CT molecular complexity index is 1090. The lowest BCUT2D eigenvalue weighted by atomic mass is 9.55. The molecule has 5 nitrogen and oxygen atoms in total.